The van der Waals surface area contributed by atoms with Crippen LogP contribution in [-0.4, -0.2) is 7.05 Å². The van der Waals surface area contributed by atoms with Crippen LogP contribution in [0, 0.1) is 0 Å². The van der Waals surface area contributed by atoms with Crippen molar-refractivity contribution in [3.8, 4) is 0 Å². The monoisotopic (exact) mass is 421 g/mol. The quantitative estimate of drug-likeness (QED) is 0.275. The standard InChI is InChI=1S/C31H35N/c1-29(2,3)25-19-26-28(23-16-12-11-15-22(23)25)32(8)27-21-14-10-9-13-20(21)17-18-24(27)30(4,5)31(26,6)7/h9-19H,1-8H3. The highest BCUT2D eigenvalue weighted by molar-refractivity contribution is 6.06. The Kier molecular flexibility index (Phi) is 4.35. The van der Waals surface area contributed by atoms with Gasteiger partial charge in [-0.25, -0.2) is 0 Å². The fraction of sp³-hybridized carbons (Fsp3) is 0.355. The van der Waals surface area contributed by atoms with Crippen molar-refractivity contribution in [3.63, 3.8) is 0 Å². The largest absolute Gasteiger partial charge is 0.343 e. The van der Waals surface area contributed by atoms with Crippen molar-refractivity contribution in [2.45, 2.75) is 64.7 Å². The molecule has 4 aromatic carbocycles. The zero-order chi connectivity index (χ0) is 23.1. The lowest BCUT2D eigenvalue weighted by Crippen LogP contribution is -2.40. The minimum absolute atomic E-state index is 0.0521. The van der Waals surface area contributed by atoms with Gasteiger partial charge in [0.15, 0.2) is 0 Å². The zero-order valence-corrected chi connectivity index (χ0v) is 20.8. The summed E-state index contributed by atoms with van der Waals surface area (Å²) in [5.74, 6) is 0. The molecule has 0 N–H and O–H groups in total. The lowest BCUT2D eigenvalue weighted by molar-refractivity contribution is 0.307. The maximum absolute atomic E-state index is 2.52. The lowest BCUT2D eigenvalue weighted by atomic mass is 9.60. The predicted octanol–water partition coefficient (Wildman–Crippen LogP) is 8.63. The van der Waals surface area contributed by atoms with E-state index < -0.39 is 0 Å². The fourth-order valence-corrected chi connectivity index (χ4v) is 5.72. The smallest absolute Gasteiger partial charge is 0.0526 e. The average Bonchev–Trinajstić information content (AvgIpc) is 2.79. The molecule has 0 aliphatic carbocycles. The summed E-state index contributed by atoms with van der Waals surface area (Å²) in [5.41, 5.74) is 6.93. The first-order valence-electron chi connectivity index (χ1n) is 11.8. The molecular formula is C31H35N. The Bertz CT molecular complexity index is 1360. The van der Waals surface area contributed by atoms with Crippen LogP contribution >= 0.6 is 0 Å². The van der Waals surface area contributed by atoms with E-state index in [1.807, 2.05) is 0 Å². The normalized spacial score (nSPS) is 17.2. The van der Waals surface area contributed by atoms with Crippen LogP contribution in [0.3, 0.4) is 0 Å². The van der Waals surface area contributed by atoms with E-state index in [4.69, 9.17) is 0 Å². The summed E-state index contributed by atoms with van der Waals surface area (Å²) in [6, 6.07) is 25.0. The minimum Gasteiger partial charge on any atom is -0.343 e. The summed E-state index contributed by atoms with van der Waals surface area (Å²) in [6.45, 7) is 16.7. The molecule has 164 valence electrons. The third-order valence-corrected chi connectivity index (χ3v) is 8.30. The van der Waals surface area contributed by atoms with Crippen molar-refractivity contribution in [1.82, 2.24) is 0 Å². The first-order valence-corrected chi connectivity index (χ1v) is 11.8. The van der Waals surface area contributed by atoms with Crippen LogP contribution in [0.15, 0.2) is 66.7 Å². The van der Waals surface area contributed by atoms with Crippen LogP contribution in [-0.2, 0) is 16.2 Å². The second-order valence-corrected chi connectivity index (χ2v) is 11.6. The molecule has 0 radical (unpaired) electrons. The maximum atomic E-state index is 2.52. The molecule has 0 saturated carbocycles. The zero-order valence-electron chi connectivity index (χ0n) is 20.8. The third kappa shape index (κ3) is 2.70. The highest BCUT2D eigenvalue weighted by Crippen LogP contribution is 2.57. The van der Waals surface area contributed by atoms with Crippen LogP contribution in [0.1, 0.15) is 65.2 Å². The molecule has 0 spiro atoms. The van der Waals surface area contributed by atoms with Gasteiger partial charge in [0.2, 0.25) is 0 Å². The first kappa shape index (κ1) is 21.1. The van der Waals surface area contributed by atoms with Gasteiger partial charge in [0.05, 0.1) is 11.4 Å². The lowest BCUT2D eigenvalue weighted by Gasteiger charge is -2.43. The highest BCUT2D eigenvalue weighted by Gasteiger charge is 2.46. The van der Waals surface area contributed by atoms with E-state index in [1.165, 1.54) is 49.6 Å². The number of rotatable bonds is 0. The number of hydrogen-bond acceptors (Lipinski definition) is 1. The van der Waals surface area contributed by atoms with E-state index >= 15 is 0 Å². The summed E-state index contributed by atoms with van der Waals surface area (Å²) >= 11 is 0. The molecule has 1 heteroatoms. The Balaban J connectivity index is 2.01. The van der Waals surface area contributed by atoms with E-state index in [0.717, 1.165) is 0 Å². The fourth-order valence-electron chi connectivity index (χ4n) is 5.72. The number of fused-ring (bicyclic) bond motifs is 6. The molecule has 1 heterocycles. The molecule has 0 amide bonds. The van der Waals surface area contributed by atoms with E-state index in [0.29, 0.717) is 0 Å². The number of benzene rings is 4. The van der Waals surface area contributed by atoms with Gasteiger partial charge in [-0.1, -0.05) is 115 Å². The summed E-state index contributed by atoms with van der Waals surface area (Å²) in [7, 11) is 2.27. The molecule has 1 nitrogen and oxygen atoms in total. The van der Waals surface area contributed by atoms with E-state index in [-0.39, 0.29) is 16.2 Å². The van der Waals surface area contributed by atoms with Crippen molar-refractivity contribution in [1.29, 1.82) is 0 Å². The van der Waals surface area contributed by atoms with Gasteiger partial charge in [-0.15, -0.1) is 0 Å². The molecular weight excluding hydrogens is 386 g/mol. The van der Waals surface area contributed by atoms with Gasteiger partial charge < -0.3 is 4.90 Å². The molecule has 0 aromatic heterocycles. The van der Waals surface area contributed by atoms with E-state index in [2.05, 4.69) is 127 Å². The van der Waals surface area contributed by atoms with Crippen LogP contribution in [0.5, 0.6) is 0 Å². The SMILES string of the molecule is CN1c2c(ccc3ccccc23)C(C)(C)C(C)(C)c2cc(C(C)(C)C)c3ccccc3c21. The van der Waals surface area contributed by atoms with Crippen molar-refractivity contribution < 1.29 is 0 Å². The Morgan fingerprint density at radius 1 is 0.625 bits per heavy atom. The van der Waals surface area contributed by atoms with Gasteiger partial charge in [0, 0.05) is 28.7 Å². The number of anilines is 2. The Hall–Kier alpha value is -2.80. The third-order valence-electron chi connectivity index (χ3n) is 8.30. The van der Waals surface area contributed by atoms with Crippen LogP contribution in [0.2, 0.25) is 0 Å². The molecule has 1 aliphatic rings. The molecule has 0 atom stereocenters. The van der Waals surface area contributed by atoms with Gasteiger partial charge in [-0.2, -0.15) is 0 Å². The molecule has 0 saturated heterocycles. The summed E-state index contributed by atoms with van der Waals surface area (Å²) < 4.78 is 0. The highest BCUT2D eigenvalue weighted by atomic mass is 15.1. The minimum atomic E-state index is -0.0612. The van der Waals surface area contributed by atoms with Crippen molar-refractivity contribution in [2.75, 3.05) is 11.9 Å². The van der Waals surface area contributed by atoms with Crippen LogP contribution in [0.4, 0.5) is 11.4 Å². The average molecular weight is 422 g/mol. The topological polar surface area (TPSA) is 3.24 Å². The summed E-state index contributed by atoms with van der Waals surface area (Å²) in [5, 5.41) is 5.34. The molecule has 32 heavy (non-hydrogen) atoms. The van der Waals surface area contributed by atoms with Gasteiger partial charge in [0.25, 0.3) is 0 Å². The van der Waals surface area contributed by atoms with Crippen LogP contribution < -0.4 is 4.90 Å². The number of hydrogen-bond donors (Lipinski definition) is 0. The van der Waals surface area contributed by atoms with Crippen LogP contribution in [0.25, 0.3) is 21.5 Å². The summed E-state index contributed by atoms with van der Waals surface area (Å²) in [4.78, 5) is 2.48. The maximum Gasteiger partial charge on any atom is 0.0526 e. The molecule has 0 bridgehead atoms. The first-order chi connectivity index (χ1) is 15.0. The van der Waals surface area contributed by atoms with Gasteiger partial charge >= 0.3 is 0 Å². The number of nitrogens with zero attached hydrogens (tertiary/aromatic N) is 1. The van der Waals surface area contributed by atoms with Gasteiger partial charge in [-0.3, -0.25) is 0 Å². The van der Waals surface area contributed by atoms with E-state index in [1.54, 1.807) is 0 Å². The predicted molar refractivity (Wildman–Crippen MR) is 141 cm³/mol. The molecule has 4 aromatic rings. The molecule has 0 unspecified atom stereocenters. The van der Waals surface area contributed by atoms with Crippen molar-refractivity contribution >= 4 is 32.9 Å². The Labute approximate surface area is 193 Å². The van der Waals surface area contributed by atoms with Crippen molar-refractivity contribution in [3.05, 3.63) is 83.4 Å². The molecule has 1 aliphatic heterocycles. The molecule has 5 rings (SSSR count). The van der Waals surface area contributed by atoms with E-state index in [9.17, 15) is 0 Å². The van der Waals surface area contributed by atoms with Crippen molar-refractivity contribution in [2.24, 2.45) is 0 Å². The Morgan fingerprint density at radius 3 is 1.81 bits per heavy atom. The second-order valence-electron chi connectivity index (χ2n) is 11.6. The Morgan fingerprint density at radius 2 is 1.16 bits per heavy atom. The van der Waals surface area contributed by atoms with Gasteiger partial charge in [-0.05, 0) is 32.9 Å². The van der Waals surface area contributed by atoms with Gasteiger partial charge in [0.1, 0.15) is 0 Å². The molecule has 0 fully saturated rings. The second kappa shape index (κ2) is 6.61. The summed E-state index contributed by atoms with van der Waals surface area (Å²) in [6.07, 6.45) is 0.